The topological polar surface area (TPSA) is 8.17 Å². The Bertz CT molecular complexity index is 2610. The number of hydrogen-bond donors (Lipinski definition) is 0. The van der Waals surface area contributed by atoms with Crippen molar-refractivity contribution < 1.29 is 0 Å². The first-order valence-electron chi connectivity index (χ1n) is 17.5. The van der Waals surface area contributed by atoms with Gasteiger partial charge in [-0.25, -0.2) is 0 Å². The summed E-state index contributed by atoms with van der Waals surface area (Å²) in [5, 5.41) is 2.49. The lowest BCUT2D eigenvalue weighted by Crippen LogP contribution is -2.19. The number of nitrogens with zero attached hydrogens (tertiary/aromatic N) is 2. The van der Waals surface area contributed by atoms with E-state index in [1.54, 1.807) is 0 Å². The molecule has 8 aromatic rings. The van der Waals surface area contributed by atoms with E-state index in [1.165, 1.54) is 49.6 Å². The van der Waals surface area contributed by atoms with E-state index in [9.17, 15) is 0 Å². The van der Waals surface area contributed by atoms with Crippen molar-refractivity contribution in [3.63, 3.8) is 0 Å². The SMILES string of the molecule is C=C1/C=C\C(c2cccc3c2c2ccccc2n3-c2ccccc2)=C/CN(c2cccc(-c3ccccc3)c2-c2ccccc2)c2ccccc21. The van der Waals surface area contributed by atoms with Gasteiger partial charge in [-0.3, -0.25) is 0 Å². The molecular weight excluding hydrogens is 617 g/mol. The van der Waals surface area contributed by atoms with Crippen molar-refractivity contribution in [1.82, 2.24) is 4.57 Å². The molecule has 0 fully saturated rings. The molecule has 7 aromatic carbocycles. The molecule has 242 valence electrons. The van der Waals surface area contributed by atoms with Crippen molar-refractivity contribution in [1.29, 1.82) is 0 Å². The van der Waals surface area contributed by atoms with Crippen molar-refractivity contribution >= 4 is 44.3 Å². The highest BCUT2D eigenvalue weighted by atomic mass is 15.1. The number of aromatic nitrogens is 1. The highest BCUT2D eigenvalue weighted by Gasteiger charge is 2.22. The Hall–Kier alpha value is -6.64. The maximum atomic E-state index is 4.61. The second-order valence-corrected chi connectivity index (χ2v) is 13.0. The molecule has 0 saturated carbocycles. The first kappa shape index (κ1) is 30.4. The first-order chi connectivity index (χ1) is 25.3. The second-order valence-electron chi connectivity index (χ2n) is 13.0. The van der Waals surface area contributed by atoms with Gasteiger partial charge in [0.15, 0.2) is 0 Å². The van der Waals surface area contributed by atoms with E-state index in [4.69, 9.17) is 0 Å². The average molecular weight is 653 g/mol. The summed E-state index contributed by atoms with van der Waals surface area (Å²) in [6.45, 7) is 5.27. The fraction of sp³-hybridized carbons (Fsp3) is 0.0204. The van der Waals surface area contributed by atoms with Crippen LogP contribution in [-0.2, 0) is 0 Å². The van der Waals surface area contributed by atoms with Gasteiger partial charge in [0.2, 0.25) is 0 Å². The number of hydrogen-bond acceptors (Lipinski definition) is 1. The van der Waals surface area contributed by atoms with Crippen LogP contribution < -0.4 is 4.90 Å². The van der Waals surface area contributed by atoms with Crippen LogP contribution >= 0.6 is 0 Å². The van der Waals surface area contributed by atoms with Gasteiger partial charge >= 0.3 is 0 Å². The Morgan fingerprint density at radius 3 is 1.84 bits per heavy atom. The van der Waals surface area contributed by atoms with Crippen LogP contribution in [0, 0.1) is 0 Å². The monoisotopic (exact) mass is 652 g/mol. The molecule has 9 rings (SSSR count). The van der Waals surface area contributed by atoms with E-state index < -0.39 is 0 Å². The maximum absolute atomic E-state index is 4.61. The minimum absolute atomic E-state index is 0.662. The smallest absolute Gasteiger partial charge is 0.0547 e. The fourth-order valence-corrected chi connectivity index (χ4v) is 7.69. The molecular formula is C49H36N2. The predicted octanol–water partition coefficient (Wildman–Crippen LogP) is 12.9. The van der Waals surface area contributed by atoms with Crippen LogP contribution in [0.15, 0.2) is 201 Å². The summed E-state index contributed by atoms with van der Waals surface area (Å²) in [7, 11) is 0. The zero-order chi connectivity index (χ0) is 34.1. The van der Waals surface area contributed by atoms with Crippen LogP contribution in [0.5, 0.6) is 0 Å². The van der Waals surface area contributed by atoms with Gasteiger partial charge in [0.25, 0.3) is 0 Å². The third kappa shape index (κ3) is 5.39. The quantitative estimate of drug-likeness (QED) is 0.180. The summed E-state index contributed by atoms with van der Waals surface area (Å²) < 4.78 is 2.38. The van der Waals surface area contributed by atoms with E-state index >= 15 is 0 Å². The van der Waals surface area contributed by atoms with Gasteiger partial charge < -0.3 is 9.47 Å². The van der Waals surface area contributed by atoms with Gasteiger partial charge in [0.05, 0.1) is 11.0 Å². The third-order valence-corrected chi connectivity index (χ3v) is 10.0. The lowest BCUT2D eigenvalue weighted by Gasteiger charge is -2.30. The van der Waals surface area contributed by atoms with Gasteiger partial charge in [-0.1, -0.05) is 164 Å². The summed E-state index contributed by atoms with van der Waals surface area (Å²) in [5.74, 6) is 0. The molecule has 1 aliphatic rings. The van der Waals surface area contributed by atoms with Gasteiger partial charge in [-0.15, -0.1) is 0 Å². The molecule has 1 aliphatic heterocycles. The lowest BCUT2D eigenvalue weighted by molar-refractivity contribution is 1.10. The summed E-state index contributed by atoms with van der Waals surface area (Å²) >= 11 is 0. The third-order valence-electron chi connectivity index (χ3n) is 10.0. The molecule has 2 heterocycles. The van der Waals surface area contributed by atoms with Crippen LogP contribution in [0.25, 0.3) is 60.9 Å². The van der Waals surface area contributed by atoms with Gasteiger partial charge in [0.1, 0.15) is 0 Å². The number of benzene rings is 7. The Morgan fingerprint density at radius 2 is 1.04 bits per heavy atom. The molecule has 0 unspecified atom stereocenters. The van der Waals surface area contributed by atoms with Gasteiger partial charge in [-0.2, -0.15) is 0 Å². The normalized spacial score (nSPS) is 14.7. The van der Waals surface area contributed by atoms with Crippen LogP contribution in [-0.4, -0.2) is 11.1 Å². The Labute approximate surface area is 299 Å². The van der Waals surface area contributed by atoms with Crippen molar-refractivity contribution in [2.75, 3.05) is 11.4 Å². The Morgan fingerprint density at radius 1 is 0.451 bits per heavy atom. The van der Waals surface area contributed by atoms with Crippen molar-refractivity contribution in [2.45, 2.75) is 0 Å². The van der Waals surface area contributed by atoms with Gasteiger partial charge in [-0.05, 0) is 69.8 Å². The van der Waals surface area contributed by atoms with Crippen LogP contribution in [0.2, 0.25) is 0 Å². The molecule has 0 bridgehead atoms. The minimum Gasteiger partial charge on any atom is -0.337 e. The minimum atomic E-state index is 0.662. The average Bonchev–Trinajstić information content (AvgIpc) is 3.57. The lowest BCUT2D eigenvalue weighted by atomic mass is 9.92. The summed E-state index contributed by atoms with van der Waals surface area (Å²) in [5.41, 5.74) is 15.1. The van der Waals surface area contributed by atoms with Crippen LogP contribution in [0.3, 0.4) is 0 Å². The second kappa shape index (κ2) is 13.0. The number of para-hydroxylation sites is 3. The number of anilines is 2. The Kier molecular flexibility index (Phi) is 7.75. The highest BCUT2D eigenvalue weighted by Crippen LogP contribution is 2.45. The summed E-state index contributed by atoms with van der Waals surface area (Å²) in [6.07, 6.45) is 6.83. The van der Waals surface area contributed by atoms with E-state index in [0.29, 0.717) is 6.54 Å². The Balaban J connectivity index is 1.28. The molecule has 0 aliphatic carbocycles. The number of allylic oxidation sites excluding steroid dienone is 4. The van der Waals surface area contributed by atoms with Crippen molar-refractivity contribution in [3.05, 3.63) is 212 Å². The molecule has 2 nitrogen and oxygen atoms in total. The molecule has 0 saturated heterocycles. The van der Waals surface area contributed by atoms with Gasteiger partial charge in [0, 0.05) is 45.5 Å². The molecule has 0 spiro atoms. The van der Waals surface area contributed by atoms with Crippen LogP contribution in [0.1, 0.15) is 11.1 Å². The van der Waals surface area contributed by atoms with Crippen molar-refractivity contribution in [2.24, 2.45) is 0 Å². The molecule has 51 heavy (non-hydrogen) atoms. The van der Waals surface area contributed by atoms with Crippen molar-refractivity contribution in [3.8, 4) is 27.9 Å². The fourth-order valence-electron chi connectivity index (χ4n) is 7.69. The first-order valence-corrected chi connectivity index (χ1v) is 17.5. The summed E-state index contributed by atoms with van der Waals surface area (Å²) in [6, 6.07) is 63.0. The predicted molar refractivity (Wildman–Crippen MR) is 218 cm³/mol. The molecule has 0 N–H and O–H groups in total. The van der Waals surface area contributed by atoms with E-state index in [2.05, 4.69) is 210 Å². The standard InChI is InChI=1S/C49H36N2/c1-35-31-32-37(42-26-16-30-47-49(42)43-24-12-14-28-45(43)51(47)39-21-9-4-10-22-39)33-34-50(44-27-13-11-23-40(35)44)46-29-15-25-41(36-17-5-2-6-18-36)48(46)38-19-7-3-8-20-38/h2-33H,1,34H2/b32-31-,37-33+. The van der Waals surface area contributed by atoms with Crippen LogP contribution in [0.4, 0.5) is 11.4 Å². The van der Waals surface area contributed by atoms with E-state index in [0.717, 1.165) is 33.8 Å². The molecule has 1 aromatic heterocycles. The zero-order valence-electron chi connectivity index (χ0n) is 28.3. The largest absolute Gasteiger partial charge is 0.337 e. The highest BCUT2D eigenvalue weighted by molar-refractivity contribution is 6.14. The molecule has 0 radical (unpaired) electrons. The molecule has 2 heteroatoms. The number of rotatable bonds is 5. The van der Waals surface area contributed by atoms with E-state index in [-0.39, 0.29) is 0 Å². The zero-order valence-corrected chi connectivity index (χ0v) is 28.3. The molecule has 0 atom stereocenters. The maximum Gasteiger partial charge on any atom is 0.0547 e. The summed E-state index contributed by atoms with van der Waals surface area (Å²) in [4.78, 5) is 2.47. The molecule has 0 amide bonds. The number of fused-ring (bicyclic) bond motifs is 4. The van der Waals surface area contributed by atoms with E-state index in [1.807, 2.05) is 0 Å².